The number of aliphatic carboxylic acids is 1. The summed E-state index contributed by atoms with van der Waals surface area (Å²) in [5.41, 5.74) is 1.53. The third-order valence-electron chi connectivity index (χ3n) is 3.63. The third-order valence-corrected chi connectivity index (χ3v) is 3.63. The number of aryl methyl sites for hydroxylation is 2. The summed E-state index contributed by atoms with van der Waals surface area (Å²) < 4.78 is 5.03. The Bertz CT molecular complexity index is 475. The molecule has 104 valence electrons. The average Bonchev–Trinajstić information content (AvgIpc) is 2.70. The molecule has 1 aromatic heterocycles. The zero-order valence-electron chi connectivity index (χ0n) is 11.2. The van der Waals surface area contributed by atoms with Crippen molar-refractivity contribution in [3.05, 3.63) is 17.0 Å². The van der Waals surface area contributed by atoms with Crippen LogP contribution >= 0.6 is 0 Å². The Morgan fingerprint density at radius 3 is 2.79 bits per heavy atom. The normalized spacial score (nSPS) is 19.5. The van der Waals surface area contributed by atoms with E-state index in [4.69, 9.17) is 9.63 Å². The van der Waals surface area contributed by atoms with Crippen molar-refractivity contribution in [2.45, 2.75) is 33.1 Å². The van der Waals surface area contributed by atoms with E-state index in [1.54, 1.807) is 18.7 Å². The van der Waals surface area contributed by atoms with Gasteiger partial charge >= 0.3 is 5.97 Å². The van der Waals surface area contributed by atoms with Crippen molar-refractivity contribution in [2.24, 2.45) is 5.92 Å². The van der Waals surface area contributed by atoms with Crippen molar-refractivity contribution >= 4 is 11.9 Å². The van der Waals surface area contributed by atoms with Crippen LogP contribution in [0.2, 0.25) is 0 Å². The molecule has 1 aliphatic rings. The van der Waals surface area contributed by atoms with Gasteiger partial charge in [0, 0.05) is 18.7 Å². The Morgan fingerprint density at radius 2 is 2.21 bits per heavy atom. The van der Waals surface area contributed by atoms with Crippen LogP contribution in [0.5, 0.6) is 0 Å². The summed E-state index contributed by atoms with van der Waals surface area (Å²) in [4.78, 5) is 24.8. The molecule has 2 heterocycles. The van der Waals surface area contributed by atoms with Crippen molar-refractivity contribution in [1.82, 2.24) is 10.1 Å². The molecule has 6 nitrogen and oxygen atoms in total. The summed E-state index contributed by atoms with van der Waals surface area (Å²) in [7, 11) is 0. The van der Waals surface area contributed by atoms with Crippen LogP contribution in [0.15, 0.2) is 4.52 Å². The van der Waals surface area contributed by atoms with E-state index in [1.807, 2.05) is 0 Å². The van der Waals surface area contributed by atoms with Gasteiger partial charge in [-0.2, -0.15) is 0 Å². The first kappa shape index (κ1) is 13.6. The predicted octanol–water partition coefficient (Wildman–Crippen LogP) is 1.16. The first-order chi connectivity index (χ1) is 8.99. The summed E-state index contributed by atoms with van der Waals surface area (Å²) in [5, 5.41) is 12.8. The maximum Gasteiger partial charge on any atom is 0.308 e. The molecule has 1 aliphatic heterocycles. The lowest BCUT2D eigenvalue weighted by atomic mass is 9.97. The first-order valence-corrected chi connectivity index (χ1v) is 6.41. The number of carbonyl (C=O) groups excluding carboxylic acids is 1. The van der Waals surface area contributed by atoms with E-state index in [2.05, 4.69) is 5.16 Å². The van der Waals surface area contributed by atoms with Crippen LogP contribution in [0.3, 0.4) is 0 Å². The Labute approximate surface area is 111 Å². The zero-order valence-corrected chi connectivity index (χ0v) is 11.2. The molecule has 0 saturated carbocycles. The van der Waals surface area contributed by atoms with E-state index in [0.29, 0.717) is 25.3 Å². The number of carboxylic acid groups (broad SMARTS) is 1. The van der Waals surface area contributed by atoms with Crippen molar-refractivity contribution in [3.8, 4) is 0 Å². The van der Waals surface area contributed by atoms with E-state index in [1.165, 1.54) is 0 Å². The van der Waals surface area contributed by atoms with Crippen molar-refractivity contribution in [1.29, 1.82) is 0 Å². The Morgan fingerprint density at radius 1 is 1.47 bits per heavy atom. The van der Waals surface area contributed by atoms with Crippen LogP contribution in [-0.4, -0.2) is 40.1 Å². The fraction of sp³-hybridized carbons (Fsp3) is 0.615. The minimum Gasteiger partial charge on any atom is -0.481 e. The molecule has 0 bridgehead atoms. The van der Waals surface area contributed by atoms with E-state index in [9.17, 15) is 9.59 Å². The van der Waals surface area contributed by atoms with Crippen LogP contribution in [0.4, 0.5) is 0 Å². The lowest BCUT2D eigenvalue weighted by molar-refractivity contribution is -0.145. The fourth-order valence-corrected chi connectivity index (χ4v) is 2.42. The second-order valence-corrected chi connectivity index (χ2v) is 5.00. The predicted molar refractivity (Wildman–Crippen MR) is 66.6 cm³/mol. The van der Waals surface area contributed by atoms with E-state index in [0.717, 1.165) is 17.7 Å². The lowest BCUT2D eigenvalue weighted by Crippen LogP contribution is -2.43. The second kappa shape index (κ2) is 5.42. The highest BCUT2D eigenvalue weighted by atomic mass is 16.5. The number of hydrogen-bond donors (Lipinski definition) is 1. The molecule has 1 aromatic rings. The highest BCUT2D eigenvalue weighted by Crippen LogP contribution is 2.19. The number of nitrogens with zero attached hydrogens (tertiary/aromatic N) is 2. The van der Waals surface area contributed by atoms with Gasteiger partial charge in [0.2, 0.25) is 5.91 Å². The zero-order chi connectivity index (χ0) is 14.0. The number of likely N-dealkylation sites (tertiary alicyclic amines) is 1. The number of carboxylic acids is 1. The van der Waals surface area contributed by atoms with E-state index < -0.39 is 11.9 Å². The highest BCUT2D eigenvalue weighted by Gasteiger charge is 2.28. The van der Waals surface area contributed by atoms with Crippen molar-refractivity contribution in [3.63, 3.8) is 0 Å². The maximum absolute atomic E-state index is 12.2. The molecule has 0 radical (unpaired) electrons. The molecule has 1 atom stereocenters. The molecular weight excluding hydrogens is 248 g/mol. The molecule has 0 spiro atoms. The average molecular weight is 266 g/mol. The van der Waals surface area contributed by atoms with Gasteiger partial charge in [0.05, 0.1) is 18.0 Å². The Balaban J connectivity index is 2.02. The lowest BCUT2D eigenvalue weighted by Gasteiger charge is -2.30. The van der Waals surface area contributed by atoms with Crippen LogP contribution in [0, 0.1) is 19.8 Å². The smallest absolute Gasteiger partial charge is 0.308 e. The number of rotatable bonds is 3. The van der Waals surface area contributed by atoms with E-state index in [-0.39, 0.29) is 12.3 Å². The van der Waals surface area contributed by atoms with Crippen LogP contribution in [0.25, 0.3) is 0 Å². The summed E-state index contributed by atoms with van der Waals surface area (Å²) in [5.74, 6) is -0.671. The van der Waals surface area contributed by atoms with Gasteiger partial charge in [-0.05, 0) is 26.7 Å². The second-order valence-electron chi connectivity index (χ2n) is 5.00. The summed E-state index contributed by atoms with van der Waals surface area (Å²) >= 11 is 0. The molecule has 1 saturated heterocycles. The fourth-order valence-electron chi connectivity index (χ4n) is 2.42. The molecule has 6 heteroatoms. The van der Waals surface area contributed by atoms with E-state index >= 15 is 0 Å². The highest BCUT2D eigenvalue weighted by molar-refractivity contribution is 5.80. The summed E-state index contributed by atoms with van der Waals surface area (Å²) in [6.45, 7) is 4.51. The number of piperidine rings is 1. The van der Waals surface area contributed by atoms with Gasteiger partial charge in [0.25, 0.3) is 0 Å². The molecule has 1 amide bonds. The quantitative estimate of drug-likeness (QED) is 0.887. The molecule has 19 heavy (non-hydrogen) atoms. The molecule has 0 aromatic carbocycles. The number of amides is 1. The maximum atomic E-state index is 12.2. The van der Waals surface area contributed by atoms with Crippen LogP contribution in [0.1, 0.15) is 29.9 Å². The summed E-state index contributed by atoms with van der Waals surface area (Å²) in [6.07, 6.45) is 1.61. The Kier molecular flexibility index (Phi) is 3.87. The van der Waals surface area contributed by atoms with Crippen molar-refractivity contribution < 1.29 is 19.2 Å². The minimum atomic E-state index is -0.824. The standard InChI is InChI=1S/C13H18N2O4/c1-8-11(9(2)19-14-8)6-12(16)15-5-3-4-10(7-15)13(17)18/h10H,3-7H2,1-2H3,(H,17,18)/t10-/m1/s1. The van der Waals surface area contributed by atoms with Gasteiger partial charge in [0.1, 0.15) is 5.76 Å². The van der Waals surface area contributed by atoms with Crippen molar-refractivity contribution in [2.75, 3.05) is 13.1 Å². The minimum absolute atomic E-state index is 0.0552. The monoisotopic (exact) mass is 266 g/mol. The van der Waals surface area contributed by atoms with Gasteiger partial charge < -0.3 is 14.5 Å². The number of aromatic nitrogens is 1. The number of hydrogen-bond acceptors (Lipinski definition) is 4. The molecule has 0 aliphatic carbocycles. The van der Waals surface area contributed by atoms with Gasteiger partial charge in [-0.1, -0.05) is 5.16 Å². The largest absolute Gasteiger partial charge is 0.481 e. The first-order valence-electron chi connectivity index (χ1n) is 6.41. The van der Waals surface area contributed by atoms with Gasteiger partial charge in [-0.15, -0.1) is 0 Å². The number of carbonyl (C=O) groups is 2. The van der Waals surface area contributed by atoms with Gasteiger partial charge in [0.15, 0.2) is 0 Å². The van der Waals surface area contributed by atoms with Crippen LogP contribution in [-0.2, 0) is 16.0 Å². The Hall–Kier alpha value is -1.85. The topological polar surface area (TPSA) is 83.6 Å². The molecule has 2 rings (SSSR count). The summed E-state index contributed by atoms with van der Waals surface area (Å²) in [6, 6.07) is 0. The van der Waals surface area contributed by atoms with Gasteiger partial charge in [-0.3, -0.25) is 9.59 Å². The molecule has 1 N–H and O–H groups in total. The van der Waals surface area contributed by atoms with Crippen LogP contribution < -0.4 is 0 Å². The molecular formula is C13H18N2O4. The van der Waals surface area contributed by atoms with Gasteiger partial charge in [-0.25, -0.2) is 0 Å². The molecule has 0 unspecified atom stereocenters. The third kappa shape index (κ3) is 2.94. The molecule has 1 fully saturated rings. The SMILES string of the molecule is Cc1noc(C)c1CC(=O)N1CCC[C@@H](C(=O)O)C1.